The van der Waals surface area contributed by atoms with E-state index in [2.05, 4.69) is 88.8 Å². The Labute approximate surface area is 632 Å². The van der Waals surface area contributed by atoms with E-state index < -0.39 is 11.8 Å². The van der Waals surface area contributed by atoms with E-state index >= 15 is 0 Å². The first-order valence-corrected chi connectivity index (χ1v) is 34.8. The zero-order valence-corrected chi connectivity index (χ0v) is 58.7. The van der Waals surface area contributed by atoms with Gasteiger partial charge in [-0.1, -0.05) is 209 Å². The summed E-state index contributed by atoms with van der Waals surface area (Å²) >= 11 is 19.1. The summed E-state index contributed by atoms with van der Waals surface area (Å²) in [6.45, 7) is 0. The Morgan fingerprint density at radius 1 is 0.358 bits per heavy atom. The summed E-state index contributed by atoms with van der Waals surface area (Å²) in [5, 5.41) is 23.6. The average Bonchev–Trinajstić information content (AvgIpc) is 1.63. The first-order valence-electron chi connectivity index (χ1n) is 33.7. The van der Waals surface area contributed by atoms with Crippen LogP contribution in [0, 0.1) is 17.8 Å². The first kappa shape index (κ1) is 75.2. The lowest BCUT2D eigenvalue weighted by atomic mass is 9.92. The number of amides is 3. The van der Waals surface area contributed by atoms with Crippen molar-refractivity contribution in [1.29, 1.82) is 0 Å². The fourth-order valence-electron chi connectivity index (χ4n) is 13.8. The summed E-state index contributed by atoms with van der Waals surface area (Å²) in [5.41, 5.74) is 16.1. The van der Waals surface area contributed by atoms with Gasteiger partial charge in [0.05, 0.1) is 11.0 Å². The standard InChI is InChI=1S/C30H23ClN4O2.C29H23ClN2O2.C27H21ClN2O2.3CH4/c1-34-27-14-11-22(31)16-28(27)35(23-12-13-25-26(17-23)33-30(37)32-25)18-21(29(34)36)15-20-9-5-6-10-24(20)19-7-3-2-4-8-19;1-31-27-16-11-23(30)18-28(27)32(24-12-14-25(33)15-13-24)19-22(29(31)34)17-21-9-5-6-10-26(21)20-7-3-2-4-8-20;1-29-25-13-8-22(28)16-26(25)30(23-9-11-24(31)12-10-23)17-21(27(29)32)15-18-6-7-19-4-2-3-5-20(19)14-18;;;/h2-14,16-18,21H,15H2,1H3,(H-,32,33,37);2-16,18-19,22H,17H2,1H3;2-14,16-17,21H,15H2,1H3;3*1H4/p+3. The topological polar surface area (TPSA) is 159 Å². The quantitative estimate of drug-likeness (QED) is 0.0944. The van der Waals surface area contributed by atoms with Crippen molar-refractivity contribution in [2.45, 2.75) is 41.5 Å². The number of halogens is 3. The van der Waals surface area contributed by atoms with E-state index in [1.165, 1.54) is 5.39 Å². The van der Waals surface area contributed by atoms with Gasteiger partial charge >= 0.3 is 5.69 Å². The maximum Gasteiger partial charge on any atom is 0.323 e. The zero-order valence-electron chi connectivity index (χ0n) is 56.4. The van der Waals surface area contributed by atoms with Crippen molar-refractivity contribution in [2.24, 2.45) is 17.8 Å². The molecule has 106 heavy (non-hydrogen) atoms. The van der Waals surface area contributed by atoms with Crippen molar-refractivity contribution in [3.05, 3.63) is 315 Å². The summed E-state index contributed by atoms with van der Waals surface area (Å²) in [7, 11) is 5.41. The lowest BCUT2D eigenvalue weighted by Gasteiger charge is -2.19. The fourth-order valence-corrected chi connectivity index (χ4v) is 14.3. The van der Waals surface area contributed by atoms with Gasteiger partial charge in [-0.25, -0.2) is 4.79 Å². The maximum absolute atomic E-state index is 13.8. The Morgan fingerprint density at radius 2 is 0.726 bits per heavy atom. The predicted octanol–water partition coefficient (Wildman–Crippen LogP) is 20.2. The Bertz CT molecular complexity index is 5560. The van der Waals surface area contributed by atoms with Crippen LogP contribution < -0.4 is 34.1 Å². The minimum absolute atomic E-state index is 0. The number of benzene rings is 12. The highest BCUT2D eigenvalue weighted by molar-refractivity contribution is 6.32. The molecule has 16 rings (SSSR count). The van der Waals surface area contributed by atoms with Crippen LogP contribution in [0.15, 0.2) is 278 Å². The molecule has 3 amide bonds. The molecule has 4 heterocycles. The molecule has 12 aromatic carbocycles. The summed E-state index contributed by atoms with van der Waals surface area (Å²) in [5.74, 6) is -0.832. The molecule has 0 saturated carbocycles. The number of carbonyl (C=O) groups excluding carboxylic acids is 3. The van der Waals surface area contributed by atoms with Crippen LogP contribution >= 0.6 is 34.8 Å². The van der Waals surface area contributed by atoms with E-state index in [1.807, 2.05) is 184 Å². The number of aromatic nitrogens is 2. The SMILES string of the molecule is C.C.C.CN1C(=O)C(Cc2ccc3ccccc3c2)C=[N+](c2ccc(O)cc2)c2cc(Cl)ccc21.CN1C(=O)C(Cc2ccccc2-c2ccccc2)C=[N+](c2ccc(O)cc2)c2cc(Cl)ccc21.CN1C(=O)C(Cc2ccccc2-c2ccccc2)C=[N+](c2ccc3[nH]c(=O)[nH]c3c2)c2cc(Cl)ccc21. The molecule has 0 radical (unpaired) electrons. The number of hydrogen-bond acceptors (Lipinski definition) is 6. The molecule has 0 fully saturated rings. The molecule has 1 aromatic heterocycles. The number of phenolic OH excluding ortho intramolecular Hbond substituents is 2. The van der Waals surface area contributed by atoms with Crippen LogP contribution in [0.4, 0.5) is 51.2 Å². The molecule has 0 bridgehead atoms. The summed E-state index contributed by atoms with van der Waals surface area (Å²) in [6, 6.07) is 87.6. The number of nitrogens with zero attached hydrogens (tertiary/aromatic N) is 6. The van der Waals surface area contributed by atoms with Crippen LogP contribution in [0.25, 0.3) is 44.1 Å². The summed E-state index contributed by atoms with van der Waals surface area (Å²) in [4.78, 5) is 63.6. The molecule has 3 unspecified atom stereocenters. The van der Waals surface area contributed by atoms with E-state index in [9.17, 15) is 29.4 Å². The predicted molar refractivity (Wildman–Crippen MR) is 442 cm³/mol. The van der Waals surface area contributed by atoms with Crippen LogP contribution in [-0.2, 0) is 33.6 Å². The van der Waals surface area contributed by atoms with Gasteiger partial charge in [-0.05, 0) is 136 Å². The van der Waals surface area contributed by atoms with E-state index in [1.54, 1.807) is 78.3 Å². The van der Waals surface area contributed by atoms with E-state index in [-0.39, 0.29) is 63.1 Å². The second kappa shape index (κ2) is 32.8. The van der Waals surface area contributed by atoms with Crippen LogP contribution in [0.5, 0.6) is 11.5 Å². The third kappa shape index (κ3) is 16.1. The van der Waals surface area contributed by atoms with Gasteiger partial charge in [0.1, 0.15) is 46.3 Å². The number of hydrogen-bond donors (Lipinski definition) is 4. The number of imidazole rings is 1. The lowest BCUT2D eigenvalue weighted by molar-refractivity contribution is -0.120. The van der Waals surface area contributed by atoms with Crippen molar-refractivity contribution < 1.29 is 24.6 Å². The van der Waals surface area contributed by atoms with Gasteiger partial charge in [-0.15, -0.1) is 0 Å². The number of phenols is 2. The monoisotopic (exact) mass is 1460 g/mol. The molecular weight excluding hydrogens is 1380 g/mol. The minimum atomic E-state index is -0.443. The van der Waals surface area contributed by atoms with Crippen molar-refractivity contribution in [3.8, 4) is 33.8 Å². The molecule has 0 saturated heterocycles. The third-order valence-electron chi connectivity index (χ3n) is 19.0. The fraction of sp³-hybridized carbons (Fsp3) is 0.135. The van der Waals surface area contributed by atoms with Gasteiger partial charge in [0.15, 0.2) is 18.6 Å². The molecule has 532 valence electrons. The molecule has 3 aliphatic rings. The van der Waals surface area contributed by atoms with Crippen LogP contribution in [0.2, 0.25) is 15.1 Å². The Kier molecular flexibility index (Phi) is 23.3. The molecule has 3 aliphatic heterocycles. The summed E-state index contributed by atoms with van der Waals surface area (Å²) < 4.78 is 5.99. The number of carbonyl (C=O) groups is 3. The highest BCUT2D eigenvalue weighted by Gasteiger charge is 2.38. The van der Waals surface area contributed by atoms with E-state index in [0.29, 0.717) is 39.8 Å². The Hall–Kier alpha value is -11.9. The lowest BCUT2D eigenvalue weighted by Crippen LogP contribution is -2.34. The third-order valence-corrected chi connectivity index (χ3v) is 19.7. The molecular formula is C89H82Cl3N8O6+3. The second-order valence-corrected chi connectivity index (χ2v) is 27.0. The highest BCUT2D eigenvalue weighted by atomic mass is 35.5. The summed E-state index contributed by atoms with van der Waals surface area (Å²) in [6.07, 6.45) is 7.54. The van der Waals surface area contributed by atoms with Gasteiger partial charge in [0.25, 0.3) is 0 Å². The normalized spacial score (nSPS) is 15.2. The number of aromatic amines is 2. The van der Waals surface area contributed by atoms with E-state index in [0.717, 1.165) is 101 Å². The number of anilines is 3. The van der Waals surface area contributed by atoms with Gasteiger partial charge in [0, 0.05) is 90.8 Å². The van der Waals surface area contributed by atoms with Crippen molar-refractivity contribution >= 4 is 144 Å². The zero-order chi connectivity index (χ0) is 71.4. The van der Waals surface area contributed by atoms with Crippen LogP contribution in [0.1, 0.15) is 39.0 Å². The smallest absolute Gasteiger partial charge is 0.323 e. The molecule has 17 heteroatoms. The van der Waals surface area contributed by atoms with Crippen LogP contribution in [0.3, 0.4) is 0 Å². The number of fused-ring (bicyclic) bond motifs is 5. The Morgan fingerprint density at radius 3 is 1.17 bits per heavy atom. The van der Waals surface area contributed by atoms with Crippen molar-refractivity contribution in [3.63, 3.8) is 0 Å². The molecule has 13 aromatic rings. The van der Waals surface area contributed by atoms with Crippen molar-refractivity contribution in [1.82, 2.24) is 23.7 Å². The van der Waals surface area contributed by atoms with Crippen molar-refractivity contribution in [2.75, 3.05) is 35.8 Å². The minimum Gasteiger partial charge on any atom is -0.508 e. The molecule has 4 N–H and O–H groups in total. The number of H-pyrrole nitrogens is 2. The molecule has 3 atom stereocenters. The number of aromatic hydroxyl groups is 2. The maximum atomic E-state index is 13.8. The molecule has 14 nitrogen and oxygen atoms in total. The van der Waals surface area contributed by atoms with Gasteiger partial charge in [-0.2, -0.15) is 13.7 Å². The molecule has 0 aliphatic carbocycles. The van der Waals surface area contributed by atoms with Gasteiger partial charge in [-0.3, -0.25) is 14.4 Å². The largest absolute Gasteiger partial charge is 0.508 e. The van der Waals surface area contributed by atoms with E-state index in [4.69, 9.17) is 34.8 Å². The van der Waals surface area contributed by atoms with Crippen LogP contribution in [-0.4, -0.2) is 77.7 Å². The Balaban J connectivity index is 0.000000157. The number of rotatable bonds is 11. The average molecular weight is 1470 g/mol. The van der Waals surface area contributed by atoms with Gasteiger partial charge < -0.3 is 34.9 Å². The van der Waals surface area contributed by atoms with Gasteiger partial charge in [0.2, 0.25) is 51.8 Å². The number of nitrogens with one attached hydrogen (secondary N) is 2. The molecule has 0 spiro atoms. The highest BCUT2D eigenvalue weighted by Crippen LogP contribution is 2.42. The first-order chi connectivity index (χ1) is 50.0. The second-order valence-electron chi connectivity index (χ2n) is 25.6.